The minimum atomic E-state index is -0.555. The third-order valence-corrected chi connectivity index (χ3v) is 2.48. The minimum absolute atomic E-state index is 0.0268. The highest BCUT2D eigenvalue weighted by atomic mass is 35.5. The van der Waals surface area contributed by atoms with E-state index >= 15 is 0 Å². The lowest BCUT2D eigenvalue weighted by Gasteiger charge is -2.19. The summed E-state index contributed by atoms with van der Waals surface area (Å²) in [6, 6.07) is 4.30. The van der Waals surface area contributed by atoms with Crippen molar-refractivity contribution >= 4 is 23.3 Å². The van der Waals surface area contributed by atoms with Crippen LogP contribution in [0, 0.1) is 10.1 Å². The molecule has 1 rings (SSSR count). The lowest BCUT2D eigenvalue weighted by Crippen LogP contribution is -2.31. The van der Waals surface area contributed by atoms with Gasteiger partial charge in [-0.2, -0.15) is 0 Å². The molecule has 0 unspecified atom stereocenters. The highest BCUT2D eigenvalue weighted by molar-refractivity contribution is 6.30. The molecule has 0 radical (unpaired) electrons. The Balaban J connectivity index is 2.60. The second-order valence-electron chi connectivity index (χ2n) is 5.22. The highest BCUT2D eigenvalue weighted by Crippen LogP contribution is 2.22. The van der Waals surface area contributed by atoms with Crippen molar-refractivity contribution in [3.05, 3.63) is 38.9 Å². The minimum Gasteiger partial charge on any atom is -0.459 e. The molecular formula is C13H17ClN2O4. The Bertz CT molecular complexity index is 512. The van der Waals surface area contributed by atoms with Gasteiger partial charge in [0.25, 0.3) is 5.69 Å². The largest absolute Gasteiger partial charge is 0.459 e. The van der Waals surface area contributed by atoms with E-state index in [0.717, 1.165) is 0 Å². The number of nitro benzene ring substituents is 1. The normalized spacial score (nSPS) is 11.2. The molecule has 0 saturated carbocycles. The number of hydrogen-bond donors (Lipinski definition) is 1. The second kappa shape index (κ2) is 6.67. The van der Waals surface area contributed by atoms with Crippen molar-refractivity contribution in [2.75, 3.05) is 6.54 Å². The van der Waals surface area contributed by atoms with E-state index in [-0.39, 0.29) is 18.8 Å². The summed E-state index contributed by atoms with van der Waals surface area (Å²) in [5.74, 6) is -0.415. The first-order valence-corrected chi connectivity index (χ1v) is 6.42. The van der Waals surface area contributed by atoms with E-state index in [1.54, 1.807) is 20.8 Å². The van der Waals surface area contributed by atoms with Gasteiger partial charge in [0.1, 0.15) is 5.60 Å². The van der Waals surface area contributed by atoms with Crippen molar-refractivity contribution in [2.24, 2.45) is 0 Å². The van der Waals surface area contributed by atoms with E-state index in [1.807, 2.05) is 0 Å². The summed E-state index contributed by atoms with van der Waals surface area (Å²) in [5, 5.41) is 14.1. The fourth-order valence-corrected chi connectivity index (χ4v) is 1.75. The molecule has 0 aliphatic rings. The van der Waals surface area contributed by atoms with E-state index in [1.165, 1.54) is 18.2 Å². The monoisotopic (exact) mass is 300 g/mol. The van der Waals surface area contributed by atoms with Crippen LogP contribution in [0.3, 0.4) is 0 Å². The molecule has 110 valence electrons. The average Bonchev–Trinajstić information content (AvgIpc) is 2.26. The van der Waals surface area contributed by atoms with Crippen LogP contribution in [0.25, 0.3) is 0 Å². The number of hydrogen-bond acceptors (Lipinski definition) is 5. The standard InChI is InChI=1S/C13H17ClN2O4/c1-13(2,3)20-12(17)8-15-7-9-6-10(14)4-5-11(9)16(18)19/h4-6,15H,7-8H2,1-3H3. The predicted octanol–water partition coefficient (Wildman–Crippen LogP) is 2.68. The molecule has 0 saturated heterocycles. The van der Waals surface area contributed by atoms with Crippen LogP contribution in [-0.4, -0.2) is 23.0 Å². The van der Waals surface area contributed by atoms with Crippen molar-refractivity contribution in [3.63, 3.8) is 0 Å². The topological polar surface area (TPSA) is 81.5 Å². The molecule has 1 aromatic carbocycles. The third kappa shape index (κ3) is 5.54. The molecule has 0 heterocycles. The number of carbonyl (C=O) groups excluding carboxylic acids is 1. The Morgan fingerprint density at radius 3 is 2.65 bits per heavy atom. The van der Waals surface area contributed by atoms with Gasteiger partial charge in [-0.1, -0.05) is 11.6 Å². The number of esters is 1. The fraction of sp³-hybridized carbons (Fsp3) is 0.462. The van der Waals surface area contributed by atoms with Gasteiger partial charge in [-0.05, 0) is 32.9 Å². The van der Waals surface area contributed by atoms with Crippen LogP contribution in [0.4, 0.5) is 5.69 Å². The first-order valence-electron chi connectivity index (χ1n) is 6.04. The fourth-order valence-electron chi connectivity index (χ4n) is 1.55. The first kappa shape index (κ1) is 16.4. The van der Waals surface area contributed by atoms with Gasteiger partial charge in [-0.25, -0.2) is 0 Å². The van der Waals surface area contributed by atoms with E-state index in [9.17, 15) is 14.9 Å². The van der Waals surface area contributed by atoms with Crippen LogP contribution in [0.15, 0.2) is 18.2 Å². The Labute approximate surface area is 122 Å². The van der Waals surface area contributed by atoms with E-state index < -0.39 is 16.5 Å². The molecule has 7 heteroatoms. The summed E-state index contributed by atoms with van der Waals surface area (Å²) in [5.41, 5.74) is -0.168. The number of benzene rings is 1. The molecule has 0 aliphatic heterocycles. The summed E-state index contributed by atoms with van der Waals surface area (Å²) >= 11 is 5.81. The molecule has 0 aromatic heterocycles. The maximum atomic E-state index is 11.5. The number of ether oxygens (including phenoxy) is 1. The molecule has 0 amide bonds. The molecule has 0 atom stereocenters. The van der Waals surface area contributed by atoms with Crippen LogP contribution < -0.4 is 5.32 Å². The average molecular weight is 301 g/mol. The number of rotatable bonds is 5. The Morgan fingerprint density at radius 2 is 2.10 bits per heavy atom. The number of nitrogens with zero attached hydrogens (tertiary/aromatic N) is 1. The molecule has 0 spiro atoms. The summed E-state index contributed by atoms with van der Waals surface area (Å²) in [7, 11) is 0. The summed E-state index contributed by atoms with van der Waals surface area (Å²) < 4.78 is 5.12. The molecule has 20 heavy (non-hydrogen) atoms. The molecule has 6 nitrogen and oxygen atoms in total. The van der Waals surface area contributed by atoms with Gasteiger partial charge in [-0.3, -0.25) is 14.9 Å². The van der Waals surface area contributed by atoms with Crippen molar-refractivity contribution < 1.29 is 14.5 Å². The lowest BCUT2D eigenvalue weighted by atomic mass is 10.2. The van der Waals surface area contributed by atoms with Gasteiger partial charge in [0.2, 0.25) is 0 Å². The van der Waals surface area contributed by atoms with Crippen molar-refractivity contribution in [2.45, 2.75) is 32.9 Å². The second-order valence-corrected chi connectivity index (χ2v) is 5.66. The van der Waals surface area contributed by atoms with Crippen LogP contribution in [0.1, 0.15) is 26.3 Å². The van der Waals surface area contributed by atoms with E-state index in [2.05, 4.69) is 5.32 Å². The zero-order valence-electron chi connectivity index (χ0n) is 11.6. The summed E-state index contributed by atoms with van der Waals surface area (Å²) in [6.45, 7) is 5.45. The van der Waals surface area contributed by atoms with Crippen LogP contribution in [-0.2, 0) is 16.1 Å². The van der Waals surface area contributed by atoms with Gasteiger partial charge >= 0.3 is 5.97 Å². The highest BCUT2D eigenvalue weighted by Gasteiger charge is 2.17. The smallest absolute Gasteiger partial charge is 0.320 e. The van der Waals surface area contributed by atoms with Crippen LogP contribution in [0.5, 0.6) is 0 Å². The van der Waals surface area contributed by atoms with Crippen LogP contribution >= 0.6 is 11.6 Å². The Kier molecular flexibility index (Phi) is 5.47. The first-order chi connectivity index (χ1) is 9.19. The zero-order chi connectivity index (χ0) is 15.3. The molecule has 0 aliphatic carbocycles. The molecular weight excluding hydrogens is 284 g/mol. The van der Waals surface area contributed by atoms with Gasteiger partial charge in [-0.15, -0.1) is 0 Å². The molecule has 1 N–H and O–H groups in total. The Morgan fingerprint density at radius 1 is 1.45 bits per heavy atom. The van der Waals surface area contributed by atoms with Gasteiger partial charge in [0.15, 0.2) is 0 Å². The number of nitro groups is 1. The van der Waals surface area contributed by atoms with E-state index in [4.69, 9.17) is 16.3 Å². The lowest BCUT2D eigenvalue weighted by molar-refractivity contribution is -0.385. The van der Waals surface area contributed by atoms with Crippen molar-refractivity contribution in [3.8, 4) is 0 Å². The molecule has 1 aromatic rings. The predicted molar refractivity (Wildman–Crippen MR) is 75.7 cm³/mol. The Hall–Kier alpha value is -1.66. The van der Waals surface area contributed by atoms with E-state index in [0.29, 0.717) is 10.6 Å². The number of halogens is 1. The quantitative estimate of drug-likeness (QED) is 0.513. The third-order valence-electron chi connectivity index (χ3n) is 2.24. The zero-order valence-corrected chi connectivity index (χ0v) is 12.4. The number of nitrogens with one attached hydrogen (secondary N) is 1. The summed E-state index contributed by atoms with van der Waals surface area (Å²) in [4.78, 5) is 21.9. The van der Waals surface area contributed by atoms with Crippen LogP contribution in [0.2, 0.25) is 5.02 Å². The maximum Gasteiger partial charge on any atom is 0.320 e. The summed E-state index contributed by atoms with van der Waals surface area (Å²) in [6.07, 6.45) is 0. The molecule has 0 bridgehead atoms. The molecule has 0 fully saturated rings. The van der Waals surface area contributed by atoms with Gasteiger partial charge < -0.3 is 10.1 Å². The van der Waals surface area contributed by atoms with Crippen molar-refractivity contribution in [1.82, 2.24) is 5.32 Å². The number of carbonyl (C=O) groups is 1. The maximum absolute atomic E-state index is 11.5. The van der Waals surface area contributed by atoms with Gasteiger partial charge in [0.05, 0.1) is 11.5 Å². The van der Waals surface area contributed by atoms with Gasteiger partial charge in [0, 0.05) is 23.2 Å². The van der Waals surface area contributed by atoms with Crippen molar-refractivity contribution in [1.29, 1.82) is 0 Å². The SMILES string of the molecule is CC(C)(C)OC(=O)CNCc1cc(Cl)ccc1[N+](=O)[O-].